The summed E-state index contributed by atoms with van der Waals surface area (Å²) in [7, 11) is 1.52. The third-order valence-electron chi connectivity index (χ3n) is 11.9. The van der Waals surface area contributed by atoms with Crippen LogP contribution < -0.4 is 5.73 Å². The molecule has 0 aliphatic heterocycles. The Morgan fingerprint density at radius 1 is 1.02 bits per heavy atom. The van der Waals surface area contributed by atoms with E-state index in [4.69, 9.17) is 19.9 Å². The van der Waals surface area contributed by atoms with Crippen molar-refractivity contribution in [3.63, 3.8) is 0 Å². The van der Waals surface area contributed by atoms with Gasteiger partial charge >= 0.3 is 11.9 Å². The summed E-state index contributed by atoms with van der Waals surface area (Å²) in [6.07, 6.45) is 4.01. The van der Waals surface area contributed by atoms with Crippen molar-refractivity contribution >= 4 is 18.2 Å². The highest BCUT2D eigenvalue weighted by molar-refractivity contribution is 5.68. The highest BCUT2D eigenvalue weighted by atomic mass is 16.6. The first-order valence-corrected chi connectivity index (χ1v) is 14.6. The molecule has 41 heavy (non-hydrogen) atoms. The zero-order valence-electron chi connectivity index (χ0n) is 24.2. The molecule has 0 aromatic heterocycles. The van der Waals surface area contributed by atoms with Gasteiger partial charge in [-0.2, -0.15) is 0 Å². The zero-order valence-corrected chi connectivity index (χ0v) is 24.2. The average Bonchev–Trinajstić information content (AvgIpc) is 3.21. The van der Waals surface area contributed by atoms with Crippen LogP contribution in [0.1, 0.15) is 80.1 Å². The Labute approximate surface area is 243 Å². The minimum absolute atomic E-state index is 0. The molecule has 0 amide bonds. The molecule has 12 unspecified atom stereocenters. The molecular formula is C31H49NO9. The lowest BCUT2D eigenvalue weighted by Crippen LogP contribution is -2.72. The normalized spacial score (nSPS) is 47.9. The number of esters is 2. The zero-order chi connectivity index (χ0) is 29.4. The number of carbonyl (C=O) groups excluding carboxylic acids is 3. The molecule has 4 saturated carbocycles. The summed E-state index contributed by atoms with van der Waals surface area (Å²) in [4.78, 5) is 37.5. The van der Waals surface area contributed by atoms with Gasteiger partial charge in [0.25, 0.3) is 0 Å². The number of hydrogen-bond donors (Lipinski definition) is 4. The van der Waals surface area contributed by atoms with Crippen molar-refractivity contribution in [3.05, 3.63) is 11.8 Å². The van der Waals surface area contributed by atoms with Crippen molar-refractivity contribution in [2.45, 2.75) is 115 Å². The summed E-state index contributed by atoms with van der Waals surface area (Å²) < 4.78 is 18.2. The second-order valence-corrected chi connectivity index (χ2v) is 13.5. The van der Waals surface area contributed by atoms with Crippen molar-refractivity contribution in [2.75, 3.05) is 7.11 Å². The van der Waals surface area contributed by atoms with Crippen LogP contribution in [-0.2, 0) is 28.6 Å². The highest BCUT2D eigenvalue weighted by Crippen LogP contribution is 2.70. The minimum atomic E-state index is -1.78. The third-order valence-corrected chi connectivity index (χ3v) is 11.9. The Hall–Kier alpha value is -2.01. The van der Waals surface area contributed by atoms with Crippen LogP contribution in [0.5, 0.6) is 0 Å². The Balaban J connectivity index is 0.00000387. The number of carbonyl (C=O) groups is 3. The number of allylic oxidation sites excluding steroid dienone is 1. The van der Waals surface area contributed by atoms with E-state index in [0.717, 1.165) is 0 Å². The number of ether oxygens (including phenoxy) is 3. The lowest BCUT2D eigenvalue weighted by atomic mass is 9.47. The number of methoxy groups -OCH3 is 1. The first-order valence-electron chi connectivity index (χ1n) is 14.6. The van der Waals surface area contributed by atoms with E-state index >= 15 is 0 Å². The average molecular weight is 580 g/mol. The maximum absolute atomic E-state index is 12.7. The molecule has 0 aromatic rings. The van der Waals surface area contributed by atoms with Gasteiger partial charge in [-0.15, -0.1) is 0 Å². The van der Waals surface area contributed by atoms with Gasteiger partial charge in [0.05, 0.1) is 24.7 Å². The van der Waals surface area contributed by atoms with Gasteiger partial charge in [-0.1, -0.05) is 7.43 Å². The quantitative estimate of drug-likeness (QED) is 0.280. The molecule has 0 heterocycles. The molecule has 10 heteroatoms. The molecule has 10 nitrogen and oxygen atoms in total. The maximum atomic E-state index is 12.7. The van der Waals surface area contributed by atoms with Gasteiger partial charge in [0.1, 0.15) is 22.6 Å². The number of aldehydes is 1. The van der Waals surface area contributed by atoms with Crippen LogP contribution in [0, 0.1) is 40.9 Å². The van der Waals surface area contributed by atoms with Crippen LogP contribution in [-0.4, -0.2) is 75.7 Å². The summed E-state index contributed by atoms with van der Waals surface area (Å²) in [6, 6.07) is -0.707. The first-order chi connectivity index (χ1) is 18.7. The number of hydrogen-bond acceptors (Lipinski definition) is 10. The van der Waals surface area contributed by atoms with E-state index < -0.39 is 58.3 Å². The van der Waals surface area contributed by atoms with Crippen molar-refractivity contribution in [1.29, 1.82) is 0 Å². The van der Waals surface area contributed by atoms with E-state index in [1.165, 1.54) is 27.9 Å². The van der Waals surface area contributed by atoms with Gasteiger partial charge in [0.2, 0.25) is 0 Å². The van der Waals surface area contributed by atoms with Crippen LogP contribution in [0.15, 0.2) is 11.8 Å². The standard InChI is InChI=1S/C30H45NO9.CH4/c1-15(33)39-29-11-10-19-24(26(36)25(31)20-7-6-17(35)13-30(19,20)40-16(2)34)22(29)12-21-18(29)8-9-23(38-5)28(21,4)27(3,37)14-32;/h9,14,17-22,24-26,35-37H,6-8,10-13,31H2,1-5H3;1H4/t17-,18?,19?,20?,21?,22?,24?,25?,26?,27?,28?,29?,30?;/m0./s1. The predicted octanol–water partition coefficient (Wildman–Crippen LogP) is 2.26. The van der Waals surface area contributed by atoms with E-state index in [-0.39, 0.29) is 43.4 Å². The first kappa shape index (κ1) is 31.9. The molecule has 5 rings (SSSR count). The third kappa shape index (κ3) is 4.30. The fraction of sp³-hybridized carbons (Fsp3) is 0.839. The monoisotopic (exact) mass is 579 g/mol. The van der Waals surface area contributed by atoms with Crippen LogP contribution in [0.3, 0.4) is 0 Å². The van der Waals surface area contributed by atoms with Gasteiger partial charge in [-0.05, 0) is 70.3 Å². The number of rotatable bonds is 5. The molecule has 5 aliphatic rings. The minimum Gasteiger partial charge on any atom is -0.501 e. The Morgan fingerprint density at radius 2 is 1.66 bits per heavy atom. The Kier molecular flexibility index (Phi) is 8.26. The van der Waals surface area contributed by atoms with Crippen LogP contribution in [0.25, 0.3) is 0 Å². The number of aliphatic hydroxyl groups excluding tert-OH is 2. The molecule has 0 aromatic carbocycles. The molecular weight excluding hydrogens is 530 g/mol. The SMILES string of the molecule is C.COC1=CCC2C(CC3C4C(O)C(N)C5CC[C@H](O)CC5(OC(C)=O)C4CCC32OC(C)=O)C1(C)C(C)(O)C=O. The summed E-state index contributed by atoms with van der Waals surface area (Å²) in [5, 5.41) is 34.1. The number of nitrogens with two attached hydrogens (primary N) is 1. The van der Waals surface area contributed by atoms with Gasteiger partial charge < -0.3 is 40.1 Å². The molecule has 4 fully saturated rings. The lowest BCUT2D eigenvalue weighted by Gasteiger charge is -2.63. The topological polar surface area (TPSA) is 166 Å². The molecule has 13 atom stereocenters. The van der Waals surface area contributed by atoms with Gasteiger partial charge in [-0.3, -0.25) is 9.59 Å². The second kappa shape index (κ2) is 10.6. The fourth-order valence-corrected chi connectivity index (χ4v) is 10.3. The van der Waals surface area contributed by atoms with Crippen molar-refractivity contribution in [2.24, 2.45) is 46.7 Å². The van der Waals surface area contributed by atoms with Crippen molar-refractivity contribution in [1.82, 2.24) is 0 Å². The van der Waals surface area contributed by atoms with Gasteiger partial charge in [-0.25, -0.2) is 0 Å². The predicted molar refractivity (Wildman–Crippen MR) is 149 cm³/mol. The van der Waals surface area contributed by atoms with Crippen LogP contribution >= 0.6 is 0 Å². The van der Waals surface area contributed by atoms with E-state index in [9.17, 15) is 29.7 Å². The molecule has 5 aliphatic carbocycles. The van der Waals surface area contributed by atoms with Crippen molar-refractivity contribution < 1.29 is 43.9 Å². The summed E-state index contributed by atoms with van der Waals surface area (Å²) >= 11 is 0. The van der Waals surface area contributed by atoms with Crippen molar-refractivity contribution in [3.8, 4) is 0 Å². The molecule has 0 spiro atoms. The maximum Gasteiger partial charge on any atom is 0.303 e. The smallest absolute Gasteiger partial charge is 0.303 e. The molecule has 232 valence electrons. The summed E-state index contributed by atoms with van der Waals surface area (Å²) in [5.41, 5.74) is 1.84. The van der Waals surface area contributed by atoms with E-state index in [2.05, 4.69) is 0 Å². The summed E-state index contributed by atoms with van der Waals surface area (Å²) in [5.74, 6) is -2.47. The van der Waals surface area contributed by atoms with E-state index in [0.29, 0.717) is 50.6 Å². The lowest BCUT2D eigenvalue weighted by molar-refractivity contribution is -0.254. The van der Waals surface area contributed by atoms with Crippen LogP contribution in [0.2, 0.25) is 0 Å². The van der Waals surface area contributed by atoms with E-state index in [1.54, 1.807) is 0 Å². The largest absolute Gasteiger partial charge is 0.501 e. The Morgan fingerprint density at radius 3 is 2.24 bits per heavy atom. The molecule has 0 bridgehead atoms. The van der Waals surface area contributed by atoms with Gasteiger partial charge in [0, 0.05) is 50.0 Å². The molecule has 5 N–H and O–H groups in total. The second-order valence-electron chi connectivity index (χ2n) is 13.5. The highest BCUT2D eigenvalue weighted by Gasteiger charge is 2.74. The number of aliphatic hydroxyl groups is 3. The summed E-state index contributed by atoms with van der Waals surface area (Å²) in [6.45, 7) is 6.04. The molecule has 0 radical (unpaired) electrons. The molecule has 0 saturated heterocycles. The number of fused-ring (bicyclic) bond motifs is 7. The van der Waals surface area contributed by atoms with Crippen LogP contribution in [0.4, 0.5) is 0 Å². The Bertz CT molecular complexity index is 1090. The van der Waals surface area contributed by atoms with Gasteiger partial charge in [0.15, 0.2) is 6.29 Å². The fourth-order valence-electron chi connectivity index (χ4n) is 10.3. The van der Waals surface area contributed by atoms with E-state index in [1.807, 2.05) is 13.0 Å².